The normalized spacial score (nSPS) is 11.7. The van der Waals surface area contributed by atoms with Crippen LogP contribution >= 0.6 is 0 Å². The van der Waals surface area contributed by atoms with Crippen LogP contribution in [0.2, 0.25) is 0 Å². The summed E-state index contributed by atoms with van der Waals surface area (Å²) in [6, 6.07) is 0.495. The Morgan fingerprint density at radius 3 is 1.43 bits per heavy atom. The Hall–Kier alpha value is -1.26. The quantitative estimate of drug-likeness (QED) is 0.276. The maximum Gasteiger partial charge on any atom is 0.216 e. The van der Waals surface area contributed by atoms with E-state index < -0.39 is 0 Å². The minimum atomic E-state index is -0.0235. The van der Waals surface area contributed by atoms with Crippen molar-refractivity contribution in [3.63, 3.8) is 0 Å². The molecule has 9 heteroatoms. The number of hydrogen-bond donors (Lipinski definition) is 2. The third-order valence-electron chi connectivity index (χ3n) is 4.74. The number of hydrogen-bond acceptors (Lipinski definition) is 7. The summed E-state index contributed by atoms with van der Waals surface area (Å²) in [5.41, 5.74) is 0. The van der Waals surface area contributed by atoms with Gasteiger partial charge in [-0.25, -0.2) is 0 Å². The van der Waals surface area contributed by atoms with Crippen LogP contribution < -0.4 is 10.6 Å². The predicted molar refractivity (Wildman–Crippen MR) is 121 cm³/mol. The summed E-state index contributed by atoms with van der Waals surface area (Å²) in [5, 5.41) is 5.45. The fraction of sp³-hybridized carbons (Fsp3) is 0.905. The van der Waals surface area contributed by atoms with Crippen LogP contribution in [0.1, 0.15) is 27.7 Å². The standard InChI is InChI=1S/C21H45N5O4/c1-19(2)26(11-9-24(5)13-17-29-15-7-22-20(3)27)12-10-25(6)14-18-30-16-8-23-21(4)28/h19H,7-18H2,1-6H3,(H,22,27)(H,23,28). The Kier molecular flexibility index (Phi) is 17.7. The molecule has 0 saturated heterocycles. The number of amides is 2. The van der Waals surface area contributed by atoms with E-state index in [9.17, 15) is 9.59 Å². The van der Waals surface area contributed by atoms with Gasteiger partial charge in [0, 0.05) is 72.2 Å². The molecule has 30 heavy (non-hydrogen) atoms. The zero-order valence-electron chi connectivity index (χ0n) is 20.0. The first kappa shape index (κ1) is 28.7. The van der Waals surface area contributed by atoms with E-state index in [0.29, 0.717) is 45.6 Å². The first-order valence-electron chi connectivity index (χ1n) is 11.0. The molecule has 0 aliphatic carbocycles. The van der Waals surface area contributed by atoms with Gasteiger partial charge in [-0.05, 0) is 27.9 Å². The molecule has 0 bridgehead atoms. The largest absolute Gasteiger partial charge is 0.378 e. The zero-order valence-corrected chi connectivity index (χ0v) is 20.0. The van der Waals surface area contributed by atoms with Crippen LogP contribution in [0.4, 0.5) is 0 Å². The summed E-state index contributed by atoms with van der Waals surface area (Å²) < 4.78 is 11.1. The Bertz CT molecular complexity index is 415. The molecule has 9 nitrogen and oxygen atoms in total. The molecule has 0 aliphatic rings. The van der Waals surface area contributed by atoms with Gasteiger partial charge < -0.3 is 29.9 Å². The molecule has 0 fully saturated rings. The molecule has 0 radical (unpaired) electrons. The number of rotatable bonds is 19. The number of nitrogens with one attached hydrogen (secondary N) is 2. The van der Waals surface area contributed by atoms with Gasteiger partial charge in [-0.3, -0.25) is 14.5 Å². The number of carbonyl (C=O) groups is 2. The molecule has 0 aromatic heterocycles. The minimum absolute atomic E-state index is 0.0235. The Morgan fingerprint density at radius 1 is 0.700 bits per heavy atom. The second kappa shape index (κ2) is 18.5. The van der Waals surface area contributed by atoms with Crippen LogP contribution in [0.5, 0.6) is 0 Å². The van der Waals surface area contributed by atoms with Gasteiger partial charge in [-0.1, -0.05) is 0 Å². The highest BCUT2D eigenvalue weighted by atomic mass is 16.5. The molecule has 0 atom stereocenters. The van der Waals surface area contributed by atoms with Gasteiger partial charge in [0.25, 0.3) is 0 Å². The van der Waals surface area contributed by atoms with E-state index in [-0.39, 0.29) is 11.8 Å². The van der Waals surface area contributed by atoms with Crippen molar-refractivity contribution in [1.82, 2.24) is 25.3 Å². The van der Waals surface area contributed by atoms with Gasteiger partial charge in [0.2, 0.25) is 11.8 Å². The van der Waals surface area contributed by atoms with Crippen molar-refractivity contribution in [3.8, 4) is 0 Å². The summed E-state index contributed by atoms with van der Waals surface area (Å²) >= 11 is 0. The maximum absolute atomic E-state index is 10.8. The van der Waals surface area contributed by atoms with Crippen LogP contribution in [0, 0.1) is 0 Å². The molecule has 0 heterocycles. The van der Waals surface area contributed by atoms with E-state index in [0.717, 1.165) is 39.3 Å². The number of likely N-dealkylation sites (N-methyl/N-ethyl adjacent to an activating group) is 2. The molecular weight excluding hydrogens is 386 g/mol. The molecule has 0 saturated carbocycles. The zero-order chi connectivity index (χ0) is 22.8. The maximum atomic E-state index is 10.8. The molecule has 0 rings (SSSR count). The first-order valence-corrected chi connectivity index (χ1v) is 11.0. The van der Waals surface area contributed by atoms with Crippen LogP contribution in [-0.2, 0) is 19.1 Å². The topological polar surface area (TPSA) is 86.4 Å². The van der Waals surface area contributed by atoms with Gasteiger partial charge in [-0.15, -0.1) is 0 Å². The van der Waals surface area contributed by atoms with Gasteiger partial charge in [0.15, 0.2) is 0 Å². The molecule has 178 valence electrons. The molecule has 0 aromatic carbocycles. The Balaban J connectivity index is 3.85. The summed E-state index contributed by atoms with van der Waals surface area (Å²) in [4.78, 5) is 28.6. The molecule has 0 spiro atoms. The second-order valence-corrected chi connectivity index (χ2v) is 7.93. The lowest BCUT2D eigenvalue weighted by Gasteiger charge is -2.30. The third-order valence-corrected chi connectivity index (χ3v) is 4.74. The van der Waals surface area contributed by atoms with Crippen LogP contribution in [0.15, 0.2) is 0 Å². The predicted octanol–water partition coefficient (Wildman–Crippen LogP) is -0.134. The average Bonchev–Trinajstić information content (AvgIpc) is 2.66. The van der Waals surface area contributed by atoms with E-state index in [1.165, 1.54) is 13.8 Å². The van der Waals surface area contributed by atoms with Crippen molar-refractivity contribution in [2.45, 2.75) is 33.7 Å². The fourth-order valence-corrected chi connectivity index (χ4v) is 2.69. The minimum Gasteiger partial charge on any atom is -0.378 e. The van der Waals surface area contributed by atoms with Gasteiger partial charge in [0.05, 0.1) is 26.4 Å². The molecule has 2 N–H and O–H groups in total. The summed E-state index contributed by atoms with van der Waals surface area (Å²) in [7, 11) is 4.22. The summed E-state index contributed by atoms with van der Waals surface area (Å²) in [6.45, 7) is 16.8. The fourth-order valence-electron chi connectivity index (χ4n) is 2.69. The van der Waals surface area contributed by atoms with E-state index in [2.05, 4.69) is 53.3 Å². The average molecular weight is 432 g/mol. The SMILES string of the molecule is CC(=O)NCCOCCN(C)CCN(CCN(C)CCOCCNC(C)=O)C(C)C. The lowest BCUT2D eigenvalue weighted by Crippen LogP contribution is -2.42. The van der Waals surface area contributed by atoms with Crippen molar-refractivity contribution in [1.29, 1.82) is 0 Å². The lowest BCUT2D eigenvalue weighted by molar-refractivity contribution is -0.120. The van der Waals surface area contributed by atoms with Gasteiger partial charge >= 0.3 is 0 Å². The van der Waals surface area contributed by atoms with Gasteiger partial charge in [-0.2, -0.15) is 0 Å². The van der Waals surface area contributed by atoms with Gasteiger partial charge in [0.1, 0.15) is 0 Å². The van der Waals surface area contributed by atoms with E-state index in [1.54, 1.807) is 0 Å². The highest BCUT2D eigenvalue weighted by Crippen LogP contribution is 1.99. The molecule has 2 amide bonds. The third kappa shape index (κ3) is 18.7. The highest BCUT2D eigenvalue weighted by Gasteiger charge is 2.11. The monoisotopic (exact) mass is 431 g/mol. The van der Waals surface area contributed by atoms with Crippen LogP contribution in [0.3, 0.4) is 0 Å². The van der Waals surface area contributed by atoms with Crippen molar-refractivity contribution < 1.29 is 19.1 Å². The number of ether oxygens (including phenoxy) is 2. The molecular formula is C21H45N5O4. The first-order chi connectivity index (χ1) is 14.2. The summed E-state index contributed by atoms with van der Waals surface area (Å²) in [6.07, 6.45) is 0. The summed E-state index contributed by atoms with van der Waals surface area (Å²) in [5.74, 6) is -0.0470. The number of carbonyl (C=O) groups excluding carboxylic acids is 2. The van der Waals surface area contributed by atoms with E-state index in [1.807, 2.05) is 0 Å². The smallest absolute Gasteiger partial charge is 0.216 e. The lowest BCUT2D eigenvalue weighted by atomic mass is 10.3. The van der Waals surface area contributed by atoms with Crippen molar-refractivity contribution in [3.05, 3.63) is 0 Å². The molecule has 0 aromatic rings. The molecule has 0 aliphatic heterocycles. The van der Waals surface area contributed by atoms with E-state index >= 15 is 0 Å². The Morgan fingerprint density at radius 2 is 1.10 bits per heavy atom. The van der Waals surface area contributed by atoms with E-state index in [4.69, 9.17) is 9.47 Å². The van der Waals surface area contributed by atoms with Crippen molar-refractivity contribution in [2.75, 3.05) is 92.9 Å². The van der Waals surface area contributed by atoms with Crippen molar-refractivity contribution >= 4 is 11.8 Å². The van der Waals surface area contributed by atoms with Crippen LogP contribution in [-0.4, -0.2) is 125 Å². The second-order valence-electron chi connectivity index (χ2n) is 7.93. The highest BCUT2D eigenvalue weighted by molar-refractivity contribution is 5.73. The number of nitrogens with zero attached hydrogens (tertiary/aromatic N) is 3. The van der Waals surface area contributed by atoms with Crippen molar-refractivity contribution in [2.24, 2.45) is 0 Å². The molecule has 0 unspecified atom stereocenters. The van der Waals surface area contributed by atoms with Crippen LogP contribution in [0.25, 0.3) is 0 Å². The Labute approximate surface area is 183 Å².